The molecule has 0 saturated heterocycles. The second kappa shape index (κ2) is 9.23. The van der Waals surface area contributed by atoms with Gasteiger partial charge in [-0.25, -0.2) is 0 Å². The van der Waals surface area contributed by atoms with E-state index in [0.717, 1.165) is 11.3 Å². The number of amides is 1. The second-order valence-corrected chi connectivity index (χ2v) is 7.87. The number of halogens is 1. The lowest BCUT2D eigenvalue weighted by molar-refractivity contribution is -0.113. The predicted molar refractivity (Wildman–Crippen MR) is 119 cm³/mol. The van der Waals surface area contributed by atoms with Crippen LogP contribution in [0.2, 0.25) is 5.02 Å². The number of para-hydroxylation sites is 1. The Kier molecular flexibility index (Phi) is 6.24. The molecule has 0 bridgehead atoms. The van der Waals surface area contributed by atoms with Crippen molar-refractivity contribution in [3.05, 3.63) is 65.3 Å². The van der Waals surface area contributed by atoms with E-state index in [9.17, 15) is 4.79 Å². The number of methoxy groups -OCH3 is 1. The minimum atomic E-state index is -0.245. The van der Waals surface area contributed by atoms with Gasteiger partial charge in [-0.05, 0) is 43.3 Å². The molecular formula is C21H18ClN5O3S. The van der Waals surface area contributed by atoms with Gasteiger partial charge < -0.3 is 9.26 Å². The van der Waals surface area contributed by atoms with Gasteiger partial charge in [0.15, 0.2) is 11.0 Å². The fourth-order valence-corrected chi connectivity index (χ4v) is 3.79. The molecule has 0 spiro atoms. The summed E-state index contributed by atoms with van der Waals surface area (Å²) >= 11 is 7.32. The van der Waals surface area contributed by atoms with Gasteiger partial charge in [0.1, 0.15) is 5.75 Å². The lowest BCUT2D eigenvalue weighted by atomic mass is 10.2. The zero-order chi connectivity index (χ0) is 21.8. The average Bonchev–Trinajstić information content (AvgIpc) is 3.38. The van der Waals surface area contributed by atoms with E-state index in [0.29, 0.717) is 33.3 Å². The van der Waals surface area contributed by atoms with E-state index in [1.807, 2.05) is 41.0 Å². The zero-order valence-corrected chi connectivity index (χ0v) is 18.3. The Labute approximate surface area is 187 Å². The first-order valence-corrected chi connectivity index (χ1v) is 10.6. The molecule has 0 aliphatic carbocycles. The Morgan fingerprint density at radius 3 is 2.68 bits per heavy atom. The number of aryl methyl sites for hydroxylation is 1. The van der Waals surface area contributed by atoms with Crippen LogP contribution in [-0.2, 0) is 4.79 Å². The first kappa shape index (κ1) is 21.0. The number of nitrogens with one attached hydrogen (secondary N) is 1. The van der Waals surface area contributed by atoms with Crippen molar-refractivity contribution >= 4 is 35.2 Å². The van der Waals surface area contributed by atoms with E-state index < -0.39 is 0 Å². The maximum absolute atomic E-state index is 12.4. The summed E-state index contributed by atoms with van der Waals surface area (Å²) in [4.78, 5) is 12.4. The van der Waals surface area contributed by atoms with Gasteiger partial charge in [0.05, 0.1) is 24.1 Å². The minimum Gasteiger partial charge on any atom is -0.496 e. The van der Waals surface area contributed by atoms with Gasteiger partial charge >= 0.3 is 0 Å². The van der Waals surface area contributed by atoms with Gasteiger partial charge in [-0.1, -0.05) is 40.7 Å². The molecule has 0 aliphatic rings. The number of carbonyl (C=O) groups excluding carboxylic acids is 1. The lowest BCUT2D eigenvalue weighted by Gasteiger charge is -2.12. The molecule has 0 fully saturated rings. The van der Waals surface area contributed by atoms with E-state index in [1.54, 1.807) is 32.2 Å². The van der Waals surface area contributed by atoms with Gasteiger partial charge in [-0.15, -0.1) is 10.2 Å². The third kappa shape index (κ3) is 4.73. The predicted octanol–water partition coefficient (Wildman–Crippen LogP) is 4.62. The summed E-state index contributed by atoms with van der Waals surface area (Å²) in [7, 11) is 1.60. The summed E-state index contributed by atoms with van der Waals surface area (Å²) < 4.78 is 12.4. The number of benzene rings is 2. The Balaban J connectivity index is 1.65. The molecule has 0 unspecified atom stereocenters. The monoisotopic (exact) mass is 455 g/mol. The first-order valence-electron chi connectivity index (χ1n) is 9.26. The summed E-state index contributed by atoms with van der Waals surface area (Å²) in [5, 5.41) is 16.3. The highest BCUT2D eigenvalue weighted by Crippen LogP contribution is 2.33. The number of anilines is 1. The molecule has 1 amide bonds. The third-order valence-electron chi connectivity index (χ3n) is 4.29. The van der Waals surface area contributed by atoms with Crippen molar-refractivity contribution in [2.24, 2.45) is 0 Å². The number of rotatable bonds is 7. The molecule has 4 rings (SSSR count). The third-order valence-corrected chi connectivity index (χ3v) is 5.47. The molecule has 0 aliphatic heterocycles. The van der Waals surface area contributed by atoms with Gasteiger partial charge in [0.2, 0.25) is 11.8 Å². The van der Waals surface area contributed by atoms with E-state index in [-0.39, 0.29) is 11.7 Å². The lowest BCUT2D eigenvalue weighted by Crippen LogP contribution is -2.14. The molecule has 2 aromatic heterocycles. The maximum Gasteiger partial charge on any atom is 0.237 e. The van der Waals surface area contributed by atoms with Crippen LogP contribution in [0.3, 0.4) is 0 Å². The Bertz CT molecular complexity index is 1210. The molecule has 0 atom stereocenters. The van der Waals surface area contributed by atoms with Crippen LogP contribution >= 0.6 is 23.4 Å². The van der Waals surface area contributed by atoms with Crippen molar-refractivity contribution in [1.29, 1.82) is 0 Å². The number of hydrogen-bond donors (Lipinski definition) is 1. The van der Waals surface area contributed by atoms with Crippen LogP contribution in [0.15, 0.2) is 64.3 Å². The van der Waals surface area contributed by atoms with Crippen LogP contribution in [0.25, 0.3) is 17.1 Å². The summed E-state index contributed by atoms with van der Waals surface area (Å²) in [6.45, 7) is 1.78. The van der Waals surface area contributed by atoms with Crippen molar-refractivity contribution in [1.82, 2.24) is 19.9 Å². The number of thioether (sulfide) groups is 1. The Hall–Kier alpha value is -3.30. The SMILES string of the molecule is COc1ccccc1-c1nnc(SCC(=O)Nc2cc(C)no2)n1-c1ccc(Cl)cc1. The van der Waals surface area contributed by atoms with Crippen LogP contribution in [0.5, 0.6) is 5.75 Å². The first-order chi connectivity index (χ1) is 15.0. The average molecular weight is 456 g/mol. The summed E-state index contributed by atoms with van der Waals surface area (Å²) in [5.74, 6) is 1.42. The van der Waals surface area contributed by atoms with Gasteiger partial charge in [-0.3, -0.25) is 14.7 Å². The van der Waals surface area contributed by atoms with Crippen molar-refractivity contribution < 1.29 is 14.1 Å². The molecule has 10 heteroatoms. The van der Waals surface area contributed by atoms with Crippen LogP contribution in [-0.4, -0.2) is 38.7 Å². The van der Waals surface area contributed by atoms with Crippen molar-refractivity contribution in [3.8, 4) is 22.8 Å². The highest BCUT2D eigenvalue weighted by molar-refractivity contribution is 7.99. The minimum absolute atomic E-state index is 0.109. The van der Waals surface area contributed by atoms with Gasteiger partial charge in [0.25, 0.3) is 0 Å². The van der Waals surface area contributed by atoms with E-state index >= 15 is 0 Å². The molecule has 31 heavy (non-hydrogen) atoms. The number of hydrogen-bond acceptors (Lipinski definition) is 7. The van der Waals surface area contributed by atoms with Crippen LogP contribution in [0.4, 0.5) is 5.88 Å². The van der Waals surface area contributed by atoms with Crippen molar-refractivity contribution in [2.75, 3.05) is 18.2 Å². The van der Waals surface area contributed by atoms with Crippen molar-refractivity contribution in [3.63, 3.8) is 0 Å². The van der Waals surface area contributed by atoms with Crippen molar-refractivity contribution in [2.45, 2.75) is 12.1 Å². The molecule has 4 aromatic rings. The highest BCUT2D eigenvalue weighted by Gasteiger charge is 2.20. The second-order valence-electron chi connectivity index (χ2n) is 6.49. The Morgan fingerprint density at radius 1 is 1.19 bits per heavy atom. The number of carbonyl (C=O) groups is 1. The molecular weight excluding hydrogens is 438 g/mol. The topological polar surface area (TPSA) is 95.1 Å². The van der Waals surface area contributed by atoms with E-state index in [4.69, 9.17) is 20.9 Å². The van der Waals surface area contributed by atoms with Gasteiger partial charge in [-0.2, -0.15) is 0 Å². The fraction of sp³-hybridized carbons (Fsp3) is 0.143. The number of aromatic nitrogens is 4. The fourth-order valence-electron chi connectivity index (χ4n) is 2.92. The summed E-state index contributed by atoms with van der Waals surface area (Å²) in [6.07, 6.45) is 0. The molecule has 1 N–H and O–H groups in total. The maximum atomic E-state index is 12.4. The number of ether oxygens (including phenoxy) is 1. The van der Waals surface area contributed by atoms with Crippen LogP contribution in [0.1, 0.15) is 5.69 Å². The number of nitrogens with zero attached hydrogens (tertiary/aromatic N) is 4. The van der Waals surface area contributed by atoms with Crippen LogP contribution < -0.4 is 10.1 Å². The smallest absolute Gasteiger partial charge is 0.237 e. The zero-order valence-electron chi connectivity index (χ0n) is 16.7. The molecule has 2 heterocycles. The highest BCUT2D eigenvalue weighted by atomic mass is 35.5. The molecule has 158 valence electrons. The van der Waals surface area contributed by atoms with Gasteiger partial charge in [0, 0.05) is 16.8 Å². The normalized spacial score (nSPS) is 10.8. The quantitative estimate of drug-likeness (QED) is 0.406. The largest absolute Gasteiger partial charge is 0.496 e. The summed E-state index contributed by atoms with van der Waals surface area (Å²) in [6, 6.07) is 16.5. The molecule has 2 aromatic carbocycles. The molecule has 8 nitrogen and oxygen atoms in total. The molecule has 0 saturated carbocycles. The summed E-state index contributed by atoms with van der Waals surface area (Å²) in [5.41, 5.74) is 2.27. The molecule has 0 radical (unpaired) electrons. The van der Waals surface area contributed by atoms with E-state index in [2.05, 4.69) is 20.7 Å². The van der Waals surface area contributed by atoms with E-state index in [1.165, 1.54) is 11.8 Å². The standard InChI is InChI=1S/C21H18ClN5O3S/c1-13-11-19(30-26-13)23-18(28)12-31-21-25-24-20(16-5-3-4-6-17(16)29-2)27(21)15-9-7-14(22)8-10-15/h3-11H,12H2,1-2H3,(H,23,28). The van der Waals surface area contributed by atoms with Crippen LogP contribution in [0, 0.1) is 6.92 Å². The Morgan fingerprint density at radius 2 is 1.97 bits per heavy atom.